The summed E-state index contributed by atoms with van der Waals surface area (Å²) in [6.45, 7) is -2.68. The van der Waals surface area contributed by atoms with Crippen molar-refractivity contribution in [2.24, 2.45) is 0 Å². The maximum absolute atomic E-state index is 13.1. The molecule has 0 aliphatic rings. The third-order valence-corrected chi connectivity index (χ3v) is 12.4. The number of halogens is 8. The van der Waals surface area contributed by atoms with E-state index in [1.54, 1.807) is 85.3 Å². The number of hydrogen-bond donors (Lipinski definition) is 2. The van der Waals surface area contributed by atoms with Crippen LogP contribution in [0.25, 0.3) is 22.1 Å². The summed E-state index contributed by atoms with van der Waals surface area (Å²) < 4.78 is 108. The van der Waals surface area contributed by atoms with Gasteiger partial charge in [-0.25, -0.2) is 32.3 Å². The molecule has 0 aliphatic carbocycles. The first-order valence-electron chi connectivity index (χ1n) is 21.4. The number of fused-ring (bicyclic) bond motifs is 2. The summed E-state index contributed by atoms with van der Waals surface area (Å²) in [7, 11) is -3.78. The number of nitrogens with two attached hydrogens (primary N) is 1. The summed E-state index contributed by atoms with van der Waals surface area (Å²) in [6.07, 6.45) is 5.73. The monoisotopic (exact) mass is 1050 g/mol. The Hall–Kier alpha value is -7.55. The number of carbonyl (C=O) groups excluding carboxylic acids is 1. The Morgan fingerprint density at radius 3 is 1.92 bits per heavy atom. The summed E-state index contributed by atoms with van der Waals surface area (Å²) >= 11 is 12.2. The molecule has 0 spiro atoms. The zero-order valence-corrected chi connectivity index (χ0v) is 39.7. The van der Waals surface area contributed by atoms with Gasteiger partial charge in [0.2, 0.25) is 5.88 Å². The second kappa shape index (κ2) is 23.1. The van der Waals surface area contributed by atoms with E-state index >= 15 is 0 Å². The number of benzene rings is 2. The van der Waals surface area contributed by atoms with Gasteiger partial charge in [0.05, 0.1) is 14.9 Å². The van der Waals surface area contributed by atoms with Gasteiger partial charge in [0.15, 0.2) is 25.1 Å². The molecule has 0 atom stereocenters. The molecule has 0 bridgehead atoms. The van der Waals surface area contributed by atoms with Gasteiger partial charge in [-0.15, -0.1) is 0 Å². The molecule has 0 fully saturated rings. The predicted octanol–water partition coefficient (Wildman–Crippen LogP) is 11.3. The van der Waals surface area contributed by atoms with Crippen LogP contribution in [-0.2, 0) is 35.7 Å². The van der Waals surface area contributed by atoms with E-state index in [9.17, 15) is 39.6 Å². The first kappa shape index (κ1) is 52.3. The summed E-state index contributed by atoms with van der Waals surface area (Å²) in [4.78, 5) is 34.2. The lowest BCUT2D eigenvalue weighted by molar-refractivity contribution is -0.154. The van der Waals surface area contributed by atoms with E-state index in [2.05, 4.69) is 34.6 Å². The molecular formula is C50H40Cl2F6N8O5S. The number of anilines is 1. The highest BCUT2D eigenvalue weighted by molar-refractivity contribution is 7.90. The molecule has 7 aromatic heterocycles. The minimum Gasteiger partial charge on any atom is -0.484 e. The molecule has 2 aromatic carbocycles. The fourth-order valence-electron chi connectivity index (χ4n) is 6.91. The maximum atomic E-state index is 13.1. The molecule has 0 unspecified atom stereocenters. The number of pyridine rings is 5. The third kappa shape index (κ3) is 14.7. The number of aromatic nitrogens is 7. The lowest BCUT2D eigenvalue weighted by atomic mass is 10.0. The van der Waals surface area contributed by atoms with Crippen molar-refractivity contribution in [2.75, 3.05) is 18.9 Å². The first-order chi connectivity index (χ1) is 34.3. The molecule has 9 aromatic rings. The van der Waals surface area contributed by atoms with Gasteiger partial charge in [0.1, 0.15) is 17.2 Å². The average molecular weight is 1050 g/mol. The first-order valence-corrected chi connectivity index (χ1v) is 23.6. The molecule has 9 rings (SSSR count). The number of ether oxygens (including phenoxy) is 2. The van der Waals surface area contributed by atoms with Gasteiger partial charge in [0.25, 0.3) is 10.0 Å². The number of aldehydes is 1. The molecular weight excluding hydrogens is 1010 g/mol. The van der Waals surface area contributed by atoms with Gasteiger partial charge in [-0.2, -0.15) is 26.3 Å². The van der Waals surface area contributed by atoms with Gasteiger partial charge in [-0.05, 0) is 95.3 Å². The Kier molecular flexibility index (Phi) is 16.8. The molecule has 72 heavy (non-hydrogen) atoms. The molecule has 0 radical (unpaired) electrons. The smallest absolute Gasteiger partial charge is 0.422 e. The highest BCUT2D eigenvalue weighted by atomic mass is 35.5. The van der Waals surface area contributed by atoms with E-state index in [-0.39, 0.29) is 22.1 Å². The van der Waals surface area contributed by atoms with Crippen molar-refractivity contribution >= 4 is 67.4 Å². The van der Waals surface area contributed by atoms with Crippen molar-refractivity contribution in [2.45, 2.75) is 42.9 Å². The second-order valence-electron chi connectivity index (χ2n) is 15.8. The van der Waals surface area contributed by atoms with Gasteiger partial charge in [-0.1, -0.05) is 65.7 Å². The van der Waals surface area contributed by atoms with Crippen LogP contribution in [0.2, 0.25) is 10.0 Å². The largest absolute Gasteiger partial charge is 0.484 e. The van der Waals surface area contributed by atoms with E-state index in [1.165, 1.54) is 22.3 Å². The molecule has 22 heteroatoms. The number of H-pyrrole nitrogens is 1. The molecule has 0 aliphatic heterocycles. The predicted molar refractivity (Wildman–Crippen MR) is 260 cm³/mol. The lowest BCUT2D eigenvalue weighted by Crippen LogP contribution is -2.19. The van der Waals surface area contributed by atoms with Gasteiger partial charge in [-0.3, -0.25) is 9.78 Å². The lowest BCUT2D eigenvalue weighted by Gasteiger charge is -2.09. The van der Waals surface area contributed by atoms with Crippen LogP contribution >= 0.6 is 23.2 Å². The van der Waals surface area contributed by atoms with Crippen molar-refractivity contribution < 1.29 is 49.0 Å². The summed E-state index contributed by atoms with van der Waals surface area (Å²) in [5.74, 6) is 0.475. The zero-order chi connectivity index (χ0) is 51.5. The van der Waals surface area contributed by atoms with Crippen molar-refractivity contribution in [3.05, 3.63) is 196 Å². The molecule has 0 saturated heterocycles. The average Bonchev–Trinajstić information content (AvgIpc) is 3.94. The zero-order valence-electron chi connectivity index (χ0n) is 37.4. The number of hydrogen-bond acceptors (Lipinski definition) is 11. The van der Waals surface area contributed by atoms with E-state index in [1.807, 2.05) is 36.7 Å². The van der Waals surface area contributed by atoms with Gasteiger partial charge >= 0.3 is 12.4 Å². The minimum atomic E-state index is -4.38. The molecule has 13 nitrogen and oxygen atoms in total. The van der Waals surface area contributed by atoms with Crippen molar-refractivity contribution in [3.8, 4) is 11.6 Å². The highest BCUT2D eigenvalue weighted by Crippen LogP contribution is 2.29. The molecule has 3 N–H and O–H groups in total. The van der Waals surface area contributed by atoms with Crippen LogP contribution in [0.1, 0.15) is 43.9 Å². The summed E-state index contributed by atoms with van der Waals surface area (Å²) in [5.41, 5.74) is 12.9. The van der Waals surface area contributed by atoms with Gasteiger partial charge in [0, 0.05) is 84.3 Å². The number of aryl methyl sites for hydroxylation is 2. The number of nitrogen functional groups attached to an aromatic ring is 1. The molecule has 0 saturated carbocycles. The highest BCUT2D eigenvalue weighted by Gasteiger charge is 2.29. The van der Waals surface area contributed by atoms with Crippen LogP contribution in [-0.4, -0.2) is 74.1 Å². The standard InChI is InChI=1S/C23H19ClF3N3O.C19H15ClN4O2S.C8H6F3NO2/c24-18-10-21-17(12-29-22(21)30-13-18)9-16-2-6-19(28-11-16)5-1-15-3-7-20(8-4-15)31-14-23(25,26)27;20-15-9-17-14(8-13-6-7-18(21)22-10-13)12-24(19(17)23-11-15)27(25,26)16-4-2-1-3-5-16;9-8(10,11)5-14-7-2-1-6(4-13)3-12-7/h2-4,6-8,10-13H,1,5,9,14H2,(H,29,30);1-7,9-12H,8H2,(H2,21,22);1-4H,5H2. The molecule has 372 valence electrons. The third-order valence-electron chi connectivity index (χ3n) is 10.3. The Morgan fingerprint density at radius 1 is 0.653 bits per heavy atom. The normalized spacial score (nSPS) is 11.6. The van der Waals surface area contributed by atoms with Crippen LogP contribution in [0.5, 0.6) is 11.6 Å². The van der Waals surface area contributed by atoms with Crippen molar-refractivity contribution in [1.82, 2.24) is 33.9 Å². The molecule has 7 heterocycles. The topological polar surface area (TPSA) is 181 Å². The quantitative estimate of drug-likeness (QED) is 0.0781. The van der Waals surface area contributed by atoms with E-state index in [0.29, 0.717) is 46.0 Å². The fourth-order valence-corrected chi connectivity index (χ4v) is 8.59. The van der Waals surface area contributed by atoms with Crippen LogP contribution in [0, 0.1) is 0 Å². The summed E-state index contributed by atoms with van der Waals surface area (Å²) in [6, 6.07) is 28.7. The van der Waals surface area contributed by atoms with Crippen molar-refractivity contribution in [1.29, 1.82) is 0 Å². The van der Waals surface area contributed by atoms with Crippen LogP contribution < -0.4 is 15.2 Å². The van der Waals surface area contributed by atoms with E-state index < -0.39 is 35.6 Å². The molecule has 0 amide bonds. The van der Waals surface area contributed by atoms with E-state index in [0.717, 1.165) is 63.6 Å². The Bertz CT molecular complexity index is 3340. The Balaban J connectivity index is 0.000000169. The van der Waals surface area contributed by atoms with Crippen molar-refractivity contribution in [3.63, 3.8) is 0 Å². The number of nitrogens with zero attached hydrogens (tertiary/aromatic N) is 6. The van der Waals surface area contributed by atoms with Crippen LogP contribution in [0.3, 0.4) is 0 Å². The summed E-state index contributed by atoms with van der Waals surface area (Å²) in [5, 5.41) is 2.72. The number of aromatic amines is 1. The van der Waals surface area contributed by atoms with Crippen LogP contribution in [0.15, 0.2) is 151 Å². The van der Waals surface area contributed by atoms with E-state index in [4.69, 9.17) is 33.7 Å². The minimum absolute atomic E-state index is 0.159. The van der Waals surface area contributed by atoms with Crippen LogP contribution in [0.4, 0.5) is 32.2 Å². The number of carbonyl (C=O) groups is 1. The maximum Gasteiger partial charge on any atom is 0.422 e. The Morgan fingerprint density at radius 2 is 1.29 bits per heavy atom. The number of rotatable bonds is 14. The SMILES string of the molecule is FC(F)(F)COc1ccc(CCc2ccc(Cc3c[nH]c4ncc(Cl)cc34)cn2)cc1.Nc1ccc(Cc2cn(S(=O)(=O)c3ccccc3)c3ncc(Cl)cc23)cn1.O=Cc1ccc(OCC(F)(F)F)nc1. The van der Waals surface area contributed by atoms with Gasteiger partial charge < -0.3 is 20.2 Å². The number of alkyl halides is 6. The fraction of sp³-hybridized carbons (Fsp3) is 0.160. The second-order valence-corrected chi connectivity index (χ2v) is 18.4. The number of nitrogens with one attached hydrogen (secondary N) is 1. The Labute approximate surface area is 417 Å².